The maximum absolute atomic E-state index is 9.26. The average Bonchev–Trinajstić information content (AvgIpc) is 3.00. The number of aliphatic hydroxyl groups excluding tert-OH is 1. The number of nitrogens with one attached hydrogen (secondary N) is 1. The first-order valence-electron chi connectivity index (χ1n) is 8.45. The summed E-state index contributed by atoms with van der Waals surface area (Å²) in [5, 5.41) is 12.9. The Labute approximate surface area is 143 Å². The minimum Gasteiger partial charge on any atom is -0.396 e. The van der Waals surface area contributed by atoms with Crippen LogP contribution in [0.3, 0.4) is 0 Å². The molecular weight excluding hydrogens is 304 g/mol. The predicted octanol–water partition coefficient (Wildman–Crippen LogP) is 3.87. The van der Waals surface area contributed by atoms with Crippen LogP contribution in [0.5, 0.6) is 0 Å². The number of piperidine rings is 1. The van der Waals surface area contributed by atoms with Gasteiger partial charge in [0.05, 0.1) is 0 Å². The molecule has 1 aliphatic heterocycles. The van der Waals surface area contributed by atoms with Gasteiger partial charge in [-0.05, 0) is 62.5 Å². The van der Waals surface area contributed by atoms with Crippen LogP contribution < -0.4 is 5.32 Å². The molecule has 0 spiro atoms. The molecule has 0 aliphatic carbocycles. The van der Waals surface area contributed by atoms with Gasteiger partial charge in [0.2, 0.25) is 0 Å². The van der Waals surface area contributed by atoms with Crippen molar-refractivity contribution in [3.8, 4) is 0 Å². The number of likely N-dealkylation sites (tertiary alicyclic amines) is 1. The first-order valence-corrected chi connectivity index (χ1v) is 9.26. The summed E-state index contributed by atoms with van der Waals surface area (Å²) in [6.45, 7) is 6.55. The van der Waals surface area contributed by atoms with Crippen LogP contribution in [0.4, 0.5) is 5.69 Å². The number of thiophene rings is 1. The first kappa shape index (κ1) is 16.5. The van der Waals surface area contributed by atoms with Gasteiger partial charge in [-0.25, -0.2) is 0 Å². The van der Waals surface area contributed by atoms with Gasteiger partial charge in [0.1, 0.15) is 0 Å². The van der Waals surface area contributed by atoms with Gasteiger partial charge >= 0.3 is 0 Å². The Morgan fingerprint density at radius 2 is 1.96 bits per heavy atom. The molecule has 3 rings (SSSR count). The highest BCUT2D eigenvalue weighted by Gasteiger charge is 2.19. The van der Waals surface area contributed by atoms with E-state index < -0.39 is 0 Å². The highest BCUT2D eigenvalue weighted by atomic mass is 32.1. The Morgan fingerprint density at radius 1 is 1.17 bits per heavy atom. The SMILES string of the molecule is Cc1ccc(CNc2ccccc2CN2CCC(CO)CC2)s1. The van der Waals surface area contributed by atoms with E-state index in [9.17, 15) is 5.11 Å². The minimum atomic E-state index is 0.339. The summed E-state index contributed by atoms with van der Waals surface area (Å²) in [5.74, 6) is 0.502. The molecular formula is C19H26N2OS. The number of hydrogen-bond donors (Lipinski definition) is 2. The van der Waals surface area contributed by atoms with Crippen molar-refractivity contribution in [2.45, 2.75) is 32.9 Å². The third-order valence-electron chi connectivity index (χ3n) is 4.63. The van der Waals surface area contributed by atoms with Gasteiger partial charge in [-0.3, -0.25) is 4.90 Å². The number of para-hydroxylation sites is 1. The second-order valence-corrected chi connectivity index (χ2v) is 7.80. The molecule has 1 aromatic carbocycles. The molecule has 0 atom stereocenters. The lowest BCUT2D eigenvalue weighted by atomic mass is 9.97. The van der Waals surface area contributed by atoms with Crippen molar-refractivity contribution in [2.24, 2.45) is 5.92 Å². The van der Waals surface area contributed by atoms with E-state index in [1.165, 1.54) is 21.0 Å². The molecule has 0 bridgehead atoms. The zero-order valence-corrected chi connectivity index (χ0v) is 14.6. The monoisotopic (exact) mass is 330 g/mol. The summed E-state index contributed by atoms with van der Waals surface area (Å²) in [4.78, 5) is 5.24. The highest BCUT2D eigenvalue weighted by molar-refractivity contribution is 7.11. The molecule has 124 valence electrons. The van der Waals surface area contributed by atoms with Gasteiger partial charge in [0.25, 0.3) is 0 Å². The summed E-state index contributed by atoms with van der Waals surface area (Å²) >= 11 is 1.85. The molecule has 0 unspecified atom stereocenters. The van der Waals surface area contributed by atoms with Crippen LogP contribution in [-0.4, -0.2) is 29.7 Å². The smallest absolute Gasteiger partial charge is 0.0494 e. The molecule has 3 nitrogen and oxygen atoms in total. The first-order chi connectivity index (χ1) is 11.2. The van der Waals surface area contributed by atoms with E-state index in [-0.39, 0.29) is 0 Å². The minimum absolute atomic E-state index is 0.339. The topological polar surface area (TPSA) is 35.5 Å². The maximum atomic E-state index is 9.26. The fourth-order valence-corrected chi connectivity index (χ4v) is 3.99. The standard InChI is InChI=1S/C19H26N2OS/c1-15-6-7-18(23-15)12-20-19-5-3-2-4-17(19)13-21-10-8-16(14-22)9-11-21/h2-7,16,20,22H,8-14H2,1H3. The molecule has 1 saturated heterocycles. The molecule has 0 amide bonds. The van der Waals surface area contributed by atoms with E-state index in [1.807, 2.05) is 11.3 Å². The third-order valence-corrected chi connectivity index (χ3v) is 5.63. The predicted molar refractivity (Wildman–Crippen MR) is 97.9 cm³/mol. The number of benzene rings is 1. The lowest BCUT2D eigenvalue weighted by molar-refractivity contribution is 0.127. The van der Waals surface area contributed by atoms with Gasteiger partial charge < -0.3 is 10.4 Å². The van der Waals surface area contributed by atoms with E-state index in [1.54, 1.807) is 0 Å². The molecule has 2 heterocycles. The number of aryl methyl sites for hydroxylation is 1. The molecule has 0 saturated carbocycles. The van der Waals surface area contributed by atoms with Crippen molar-refractivity contribution >= 4 is 17.0 Å². The number of hydrogen-bond acceptors (Lipinski definition) is 4. The van der Waals surface area contributed by atoms with Crippen LogP contribution in [-0.2, 0) is 13.1 Å². The van der Waals surface area contributed by atoms with Crippen molar-refractivity contribution < 1.29 is 5.11 Å². The molecule has 2 aromatic rings. The number of anilines is 1. The summed E-state index contributed by atoms with van der Waals surface area (Å²) in [6.07, 6.45) is 2.22. The summed E-state index contributed by atoms with van der Waals surface area (Å²) in [6, 6.07) is 13.0. The van der Waals surface area contributed by atoms with Crippen molar-refractivity contribution in [3.63, 3.8) is 0 Å². The Hall–Kier alpha value is -1.36. The van der Waals surface area contributed by atoms with E-state index in [2.05, 4.69) is 53.5 Å². The van der Waals surface area contributed by atoms with Crippen LogP contribution in [0, 0.1) is 12.8 Å². The van der Waals surface area contributed by atoms with Gasteiger partial charge in [-0.1, -0.05) is 18.2 Å². The maximum Gasteiger partial charge on any atom is 0.0494 e. The summed E-state index contributed by atoms with van der Waals surface area (Å²) in [5.41, 5.74) is 2.60. The van der Waals surface area contributed by atoms with Crippen LogP contribution in [0.15, 0.2) is 36.4 Å². The lowest BCUT2D eigenvalue weighted by Gasteiger charge is -2.31. The molecule has 23 heavy (non-hydrogen) atoms. The van der Waals surface area contributed by atoms with Crippen molar-refractivity contribution in [1.82, 2.24) is 4.90 Å². The van der Waals surface area contributed by atoms with Gasteiger partial charge in [-0.2, -0.15) is 0 Å². The fraction of sp³-hybridized carbons (Fsp3) is 0.474. The van der Waals surface area contributed by atoms with E-state index in [0.29, 0.717) is 12.5 Å². The largest absolute Gasteiger partial charge is 0.396 e. The summed E-state index contributed by atoms with van der Waals surface area (Å²) in [7, 11) is 0. The molecule has 1 fully saturated rings. The molecule has 2 N–H and O–H groups in total. The number of nitrogens with zero attached hydrogens (tertiary/aromatic N) is 1. The van der Waals surface area contributed by atoms with Gasteiger partial charge in [0.15, 0.2) is 0 Å². The number of rotatable bonds is 6. The number of aliphatic hydroxyl groups is 1. The van der Waals surface area contributed by atoms with Crippen LogP contribution in [0.25, 0.3) is 0 Å². The fourth-order valence-electron chi connectivity index (χ4n) is 3.16. The quantitative estimate of drug-likeness (QED) is 0.844. The van der Waals surface area contributed by atoms with Crippen molar-refractivity contribution in [2.75, 3.05) is 25.0 Å². The normalized spacial score (nSPS) is 16.6. The lowest BCUT2D eigenvalue weighted by Crippen LogP contribution is -2.34. The second kappa shape index (κ2) is 7.95. The van der Waals surface area contributed by atoms with Crippen LogP contribution in [0.1, 0.15) is 28.2 Å². The van der Waals surface area contributed by atoms with Crippen molar-refractivity contribution in [1.29, 1.82) is 0 Å². The van der Waals surface area contributed by atoms with E-state index in [0.717, 1.165) is 39.0 Å². The Kier molecular flexibility index (Phi) is 5.70. The molecule has 4 heteroatoms. The Balaban J connectivity index is 1.59. The Bertz CT molecular complexity index is 617. The second-order valence-electron chi connectivity index (χ2n) is 6.43. The molecule has 1 aliphatic rings. The van der Waals surface area contributed by atoms with Gasteiger partial charge in [0, 0.05) is 35.1 Å². The van der Waals surface area contributed by atoms with Gasteiger partial charge in [-0.15, -0.1) is 11.3 Å². The third kappa shape index (κ3) is 4.56. The van der Waals surface area contributed by atoms with Crippen LogP contribution in [0.2, 0.25) is 0 Å². The zero-order chi connectivity index (χ0) is 16.1. The van der Waals surface area contributed by atoms with E-state index in [4.69, 9.17) is 0 Å². The average molecular weight is 330 g/mol. The molecule has 0 radical (unpaired) electrons. The summed E-state index contributed by atoms with van der Waals surface area (Å²) < 4.78 is 0. The molecule has 1 aromatic heterocycles. The van der Waals surface area contributed by atoms with Crippen LogP contribution >= 0.6 is 11.3 Å². The Morgan fingerprint density at radius 3 is 2.65 bits per heavy atom. The van der Waals surface area contributed by atoms with Crippen molar-refractivity contribution in [3.05, 3.63) is 51.7 Å². The zero-order valence-electron chi connectivity index (χ0n) is 13.8. The highest BCUT2D eigenvalue weighted by Crippen LogP contribution is 2.23. The van der Waals surface area contributed by atoms with E-state index >= 15 is 0 Å².